The predicted octanol–water partition coefficient (Wildman–Crippen LogP) is 2.36. The Labute approximate surface area is 102 Å². The van der Waals surface area contributed by atoms with Crippen molar-refractivity contribution in [3.63, 3.8) is 0 Å². The fraction of sp³-hybridized carbons (Fsp3) is 0.889. The number of hydrogen-bond acceptors (Lipinski definition) is 3. The minimum absolute atomic E-state index is 0. The zero-order chi connectivity index (χ0) is 9.23. The van der Waals surface area contributed by atoms with E-state index < -0.39 is 6.16 Å². The normalized spacial score (nSPS) is 8.77. The summed E-state index contributed by atoms with van der Waals surface area (Å²) in [5, 5.41) is 0. The summed E-state index contributed by atoms with van der Waals surface area (Å²) in [6.45, 7) is 5.04. The van der Waals surface area contributed by atoms with Gasteiger partial charge in [-0.1, -0.05) is 26.7 Å². The third-order valence-corrected chi connectivity index (χ3v) is 1.44. The van der Waals surface area contributed by atoms with Gasteiger partial charge in [0.05, 0.1) is 13.2 Å². The van der Waals surface area contributed by atoms with Crippen LogP contribution in [0.2, 0.25) is 0 Å². The summed E-state index contributed by atoms with van der Waals surface area (Å²) in [6.07, 6.45) is 3.34. The maximum Gasteiger partial charge on any atom is 0.508 e. The molecule has 4 heteroatoms. The smallest absolute Gasteiger partial charge is 0.434 e. The molecule has 0 unspecified atom stereocenters. The van der Waals surface area contributed by atoms with E-state index in [1.165, 1.54) is 0 Å². The Morgan fingerprint density at radius 1 is 1.00 bits per heavy atom. The number of ether oxygens (including phenoxy) is 2. The third kappa shape index (κ3) is 12.3. The van der Waals surface area contributed by atoms with Crippen molar-refractivity contribution in [1.29, 1.82) is 0 Å². The van der Waals surface area contributed by atoms with E-state index >= 15 is 0 Å². The van der Waals surface area contributed by atoms with Gasteiger partial charge in [-0.2, -0.15) is 0 Å². The molecule has 0 aliphatic carbocycles. The first-order chi connectivity index (χ1) is 5.81. The Morgan fingerprint density at radius 2 is 1.38 bits per heavy atom. The van der Waals surface area contributed by atoms with Crippen molar-refractivity contribution >= 4 is 35.7 Å². The number of hydrogen-bond donors (Lipinski definition) is 0. The first-order valence-electron chi connectivity index (χ1n) is 4.60. The van der Waals surface area contributed by atoms with Gasteiger partial charge >= 0.3 is 6.16 Å². The Morgan fingerprint density at radius 3 is 1.69 bits per heavy atom. The number of carbonyl (C=O) groups excluding carboxylic acids is 1. The summed E-state index contributed by atoms with van der Waals surface area (Å²) < 4.78 is 9.54. The van der Waals surface area contributed by atoms with Crippen LogP contribution in [0.15, 0.2) is 0 Å². The van der Waals surface area contributed by atoms with Crippen LogP contribution in [0, 0.1) is 0 Å². The predicted molar refractivity (Wildman–Crippen MR) is 52.9 cm³/mol. The van der Waals surface area contributed by atoms with E-state index in [1.807, 2.05) is 13.8 Å². The standard InChI is InChI=1S/C9H18O3.Na/c1-3-5-7-11-9(10)12-8-6-4-2;/h3-8H2,1-2H3;. The van der Waals surface area contributed by atoms with Crippen LogP contribution in [0.3, 0.4) is 0 Å². The summed E-state index contributed by atoms with van der Waals surface area (Å²) in [5.74, 6) is 0. The average molecular weight is 197 g/mol. The zero-order valence-electron chi connectivity index (χ0n) is 8.97. The molecular weight excluding hydrogens is 179 g/mol. The maximum absolute atomic E-state index is 10.7. The second-order valence-corrected chi connectivity index (χ2v) is 2.65. The van der Waals surface area contributed by atoms with E-state index in [0.717, 1.165) is 25.7 Å². The van der Waals surface area contributed by atoms with Crippen LogP contribution in [0.1, 0.15) is 39.5 Å². The van der Waals surface area contributed by atoms with Crippen molar-refractivity contribution in [3.05, 3.63) is 0 Å². The summed E-state index contributed by atoms with van der Waals surface area (Å²) in [6, 6.07) is 0. The molecule has 0 atom stereocenters. The van der Waals surface area contributed by atoms with Gasteiger partial charge < -0.3 is 9.47 Å². The molecule has 0 bridgehead atoms. The van der Waals surface area contributed by atoms with Gasteiger partial charge in [0, 0.05) is 29.6 Å². The molecule has 0 aromatic rings. The van der Waals surface area contributed by atoms with Crippen LogP contribution >= 0.6 is 0 Å². The van der Waals surface area contributed by atoms with E-state index in [1.54, 1.807) is 0 Å². The van der Waals surface area contributed by atoms with Crippen LogP contribution in [-0.2, 0) is 9.47 Å². The molecule has 0 saturated carbocycles. The first-order valence-corrected chi connectivity index (χ1v) is 4.60. The van der Waals surface area contributed by atoms with Crippen molar-refractivity contribution in [2.45, 2.75) is 39.5 Å². The van der Waals surface area contributed by atoms with E-state index in [9.17, 15) is 4.79 Å². The van der Waals surface area contributed by atoms with Crippen molar-refractivity contribution in [2.24, 2.45) is 0 Å². The van der Waals surface area contributed by atoms with Gasteiger partial charge in [-0.05, 0) is 12.8 Å². The molecule has 13 heavy (non-hydrogen) atoms. The Balaban J connectivity index is 0. The molecule has 3 nitrogen and oxygen atoms in total. The van der Waals surface area contributed by atoms with Gasteiger partial charge in [0.2, 0.25) is 0 Å². The molecule has 0 aromatic heterocycles. The van der Waals surface area contributed by atoms with Gasteiger partial charge in [0.1, 0.15) is 0 Å². The molecule has 0 amide bonds. The van der Waals surface area contributed by atoms with Gasteiger partial charge in [0.25, 0.3) is 0 Å². The number of unbranched alkanes of at least 4 members (excludes halogenated alkanes) is 2. The minimum Gasteiger partial charge on any atom is -0.434 e. The van der Waals surface area contributed by atoms with Crippen molar-refractivity contribution in [1.82, 2.24) is 0 Å². The molecule has 0 aromatic carbocycles. The average Bonchev–Trinajstić information content (AvgIpc) is 2.06. The fourth-order valence-corrected chi connectivity index (χ4v) is 0.641. The van der Waals surface area contributed by atoms with Crippen LogP contribution in [0.25, 0.3) is 0 Å². The van der Waals surface area contributed by atoms with Gasteiger partial charge in [-0.25, -0.2) is 4.79 Å². The molecule has 0 aliphatic rings. The molecule has 0 aliphatic heterocycles. The van der Waals surface area contributed by atoms with Crippen molar-refractivity contribution in [2.75, 3.05) is 13.2 Å². The van der Waals surface area contributed by atoms with Crippen LogP contribution in [0.5, 0.6) is 0 Å². The topological polar surface area (TPSA) is 35.5 Å². The molecule has 0 rings (SSSR count). The van der Waals surface area contributed by atoms with Crippen molar-refractivity contribution in [3.8, 4) is 0 Å². The maximum atomic E-state index is 10.7. The van der Waals surface area contributed by atoms with E-state index in [2.05, 4.69) is 0 Å². The van der Waals surface area contributed by atoms with Crippen LogP contribution in [-0.4, -0.2) is 48.9 Å². The summed E-state index contributed by atoms with van der Waals surface area (Å²) in [5.41, 5.74) is 0. The van der Waals surface area contributed by atoms with Crippen LogP contribution < -0.4 is 0 Å². The third-order valence-electron chi connectivity index (χ3n) is 1.44. The van der Waals surface area contributed by atoms with Crippen molar-refractivity contribution < 1.29 is 14.3 Å². The molecule has 0 fully saturated rings. The SMILES string of the molecule is CCCCOC(=O)OCCCC.[Na]. The van der Waals surface area contributed by atoms with Gasteiger partial charge in [-0.3, -0.25) is 0 Å². The summed E-state index contributed by atoms with van der Waals surface area (Å²) >= 11 is 0. The second kappa shape index (κ2) is 12.3. The fourth-order valence-electron chi connectivity index (χ4n) is 0.641. The molecule has 0 spiro atoms. The minimum atomic E-state index is -0.531. The molecular formula is C9H18NaO3. The molecule has 73 valence electrons. The first kappa shape index (κ1) is 15.7. The Hall–Kier alpha value is 0.270. The summed E-state index contributed by atoms with van der Waals surface area (Å²) in [4.78, 5) is 10.7. The van der Waals surface area contributed by atoms with Crippen LogP contribution in [0.4, 0.5) is 4.79 Å². The van der Waals surface area contributed by atoms with E-state index in [0.29, 0.717) is 13.2 Å². The number of rotatable bonds is 6. The molecule has 0 heterocycles. The summed E-state index contributed by atoms with van der Waals surface area (Å²) in [7, 11) is 0. The Bertz CT molecular complexity index is 105. The van der Waals surface area contributed by atoms with E-state index in [4.69, 9.17) is 9.47 Å². The largest absolute Gasteiger partial charge is 0.508 e. The molecule has 0 N–H and O–H groups in total. The van der Waals surface area contributed by atoms with Gasteiger partial charge in [-0.15, -0.1) is 0 Å². The van der Waals surface area contributed by atoms with E-state index in [-0.39, 0.29) is 29.6 Å². The number of carbonyl (C=O) groups is 1. The van der Waals surface area contributed by atoms with Gasteiger partial charge in [0.15, 0.2) is 0 Å². The second-order valence-electron chi connectivity index (χ2n) is 2.65. The molecule has 0 saturated heterocycles. The monoisotopic (exact) mass is 197 g/mol. The molecule has 1 radical (unpaired) electrons. The quantitative estimate of drug-likeness (QED) is 0.372. The Kier molecular flexibility index (Phi) is 14.8. The zero-order valence-corrected chi connectivity index (χ0v) is 11.0.